The Labute approximate surface area is 122 Å². The van der Waals surface area contributed by atoms with E-state index < -0.39 is 0 Å². The van der Waals surface area contributed by atoms with Crippen LogP contribution in [0, 0.1) is 5.92 Å². The van der Waals surface area contributed by atoms with Crippen LogP contribution < -0.4 is 5.32 Å². The third-order valence-corrected chi connectivity index (χ3v) is 4.31. The molecule has 1 fully saturated rings. The highest BCUT2D eigenvalue weighted by molar-refractivity contribution is 4.85. The molecule has 0 bridgehead atoms. The lowest BCUT2D eigenvalue weighted by atomic mass is 9.85. The molecule has 0 saturated heterocycles. The van der Waals surface area contributed by atoms with Gasteiger partial charge in [-0.25, -0.2) is 0 Å². The first-order valence-electron chi connectivity index (χ1n) is 8.24. The highest BCUT2D eigenvalue weighted by atomic mass is 15.6. The van der Waals surface area contributed by atoms with Crippen molar-refractivity contribution in [2.45, 2.75) is 70.8 Å². The summed E-state index contributed by atoms with van der Waals surface area (Å²) in [5.41, 5.74) is 0. The number of aromatic nitrogens is 4. The zero-order chi connectivity index (χ0) is 14.2. The quantitative estimate of drug-likeness (QED) is 0.794. The van der Waals surface area contributed by atoms with Gasteiger partial charge in [0.1, 0.15) is 0 Å². The Morgan fingerprint density at radius 2 is 2.10 bits per heavy atom. The van der Waals surface area contributed by atoms with Crippen LogP contribution in [0.25, 0.3) is 0 Å². The Morgan fingerprint density at radius 1 is 1.30 bits per heavy atom. The van der Waals surface area contributed by atoms with E-state index in [0.29, 0.717) is 6.04 Å². The number of hydrogen-bond acceptors (Lipinski definition) is 4. The van der Waals surface area contributed by atoms with Gasteiger partial charge in [-0.2, -0.15) is 4.80 Å². The molecule has 1 unspecified atom stereocenters. The molecule has 1 saturated carbocycles. The van der Waals surface area contributed by atoms with Crippen molar-refractivity contribution in [3.05, 3.63) is 5.82 Å². The largest absolute Gasteiger partial charge is 0.314 e. The number of tetrazole rings is 1. The van der Waals surface area contributed by atoms with Gasteiger partial charge in [0.15, 0.2) is 5.82 Å². The molecule has 5 nitrogen and oxygen atoms in total. The summed E-state index contributed by atoms with van der Waals surface area (Å²) in [4.78, 5) is 1.55. The highest BCUT2D eigenvalue weighted by Crippen LogP contribution is 2.27. The average molecular weight is 279 g/mol. The van der Waals surface area contributed by atoms with Crippen molar-refractivity contribution in [2.75, 3.05) is 6.54 Å². The lowest BCUT2D eigenvalue weighted by Gasteiger charge is -2.24. The number of nitrogens with zero attached hydrogens (tertiary/aromatic N) is 4. The zero-order valence-electron chi connectivity index (χ0n) is 13.0. The fourth-order valence-electron chi connectivity index (χ4n) is 3.16. The molecule has 0 aliphatic heterocycles. The van der Waals surface area contributed by atoms with Gasteiger partial charge in [0, 0.05) is 12.5 Å². The van der Waals surface area contributed by atoms with E-state index in [-0.39, 0.29) is 0 Å². The molecule has 0 spiro atoms. The average Bonchev–Trinajstić information content (AvgIpc) is 2.88. The Kier molecular flexibility index (Phi) is 6.43. The molecule has 1 atom stereocenters. The van der Waals surface area contributed by atoms with E-state index in [1.54, 1.807) is 4.80 Å². The van der Waals surface area contributed by atoms with Gasteiger partial charge in [-0.1, -0.05) is 39.0 Å². The number of nitrogens with one attached hydrogen (secondary N) is 1. The van der Waals surface area contributed by atoms with Crippen LogP contribution in [0.1, 0.15) is 64.1 Å². The molecular weight excluding hydrogens is 250 g/mol. The Morgan fingerprint density at radius 3 is 2.75 bits per heavy atom. The molecule has 0 radical (unpaired) electrons. The lowest BCUT2D eigenvalue weighted by molar-refractivity contribution is 0.311. The summed E-state index contributed by atoms with van der Waals surface area (Å²) in [5.74, 6) is 1.81. The summed E-state index contributed by atoms with van der Waals surface area (Å²) in [5, 5.41) is 16.0. The predicted molar refractivity (Wildman–Crippen MR) is 80.4 cm³/mol. The lowest BCUT2D eigenvalue weighted by Crippen LogP contribution is -2.33. The van der Waals surface area contributed by atoms with Crippen LogP contribution in [0.15, 0.2) is 0 Å². The van der Waals surface area contributed by atoms with Crippen molar-refractivity contribution in [3.63, 3.8) is 0 Å². The molecule has 1 aliphatic rings. The van der Waals surface area contributed by atoms with Crippen molar-refractivity contribution in [1.82, 2.24) is 25.5 Å². The first-order chi connectivity index (χ1) is 9.78. The molecule has 20 heavy (non-hydrogen) atoms. The summed E-state index contributed by atoms with van der Waals surface area (Å²) in [6.07, 6.45) is 11.8. The number of hydrogen-bond donors (Lipinski definition) is 1. The second-order valence-electron chi connectivity index (χ2n) is 6.13. The normalized spacial score (nSPS) is 18.3. The van der Waals surface area contributed by atoms with Crippen LogP contribution in [0.3, 0.4) is 0 Å². The zero-order valence-corrected chi connectivity index (χ0v) is 13.0. The minimum absolute atomic E-state index is 0.501. The van der Waals surface area contributed by atoms with Gasteiger partial charge in [0.05, 0.1) is 7.05 Å². The molecule has 1 aromatic heterocycles. The Bertz CT molecular complexity index is 370. The molecule has 0 amide bonds. The minimum atomic E-state index is 0.501. The van der Waals surface area contributed by atoms with E-state index >= 15 is 0 Å². The van der Waals surface area contributed by atoms with Gasteiger partial charge < -0.3 is 5.32 Å². The monoisotopic (exact) mass is 279 g/mol. The smallest absolute Gasteiger partial charge is 0.176 e. The summed E-state index contributed by atoms with van der Waals surface area (Å²) in [6.45, 7) is 3.29. The number of aryl methyl sites for hydroxylation is 1. The Hall–Kier alpha value is -0.970. The van der Waals surface area contributed by atoms with Crippen LogP contribution in [0.4, 0.5) is 0 Å². The maximum Gasteiger partial charge on any atom is 0.176 e. The number of rotatable bonds is 8. The Balaban J connectivity index is 1.79. The molecule has 1 aromatic rings. The second kappa shape index (κ2) is 8.35. The van der Waals surface area contributed by atoms with Crippen LogP contribution in [0.5, 0.6) is 0 Å². The molecule has 2 rings (SSSR count). The standard InChI is InChI=1S/C15H29N5/c1-3-11-16-14(12-15-17-19-20(2)18-15)10-9-13-7-5-4-6-8-13/h13-14,16H,3-12H2,1-2H3. The molecule has 5 heteroatoms. The van der Waals surface area contributed by atoms with Gasteiger partial charge in [0.2, 0.25) is 0 Å². The van der Waals surface area contributed by atoms with Crippen molar-refractivity contribution in [1.29, 1.82) is 0 Å². The third-order valence-electron chi connectivity index (χ3n) is 4.31. The first-order valence-corrected chi connectivity index (χ1v) is 8.24. The predicted octanol–water partition coefficient (Wildman–Crippen LogP) is 2.48. The molecule has 1 aliphatic carbocycles. The van der Waals surface area contributed by atoms with Gasteiger partial charge in [-0.3, -0.25) is 0 Å². The summed E-state index contributed by atoms with van der Waals surface area (Å²) in [7, 11) is 1.83. The van der Waals surface area contributed by atoms with Crippen molar-refractivity contribution in [3.8, 4) is 0 Å². The van der Waals surface area contributed by atoms with Crippen molar-refractivity contribution in [2.24, 2.45) is 13.0 Å². The minimum Gasteiger partial charge on any atom is -0.314 e. The van der Waals surface area contributed by atoms with Crippen LogP contribution in [-0.4, -0.2) is 32.8 Å². The van der Waals surface area contributed by atoms with E-state index in [9.17, 15) is 0 Å². The van der Waals surface area contributed by atoms with E-state index in [1.165, 1.54) is 51.4 Å². The first kappa shape index (κ1) is 15.4. The van der Waals surface area contributed by atoms with E-state index in [0.717, 1.165) is 24.7 Å². The maximum atomic E-state index is 4.31. The molecule has 0 aromatic carbocycles. The van der Waals surface area contributed by atoms with Crippen LogP contribution in [-0.2, 0) is 13.5 Å². The SMILES string of the molecule is CCCNC(CCC1CCCCC1)Cc1nnn(C)n1. The maximum absolute atomic E-state index is 4.31. The highest BCUT2D eigenvalue weighted by Gasteiger charge is 2.17. The van der Waals surface area contributed by atoms with Gasteiger partial charge in [-0.05, 0) is 36.9 Å². The third kappa shape index (κ3) is 5.19. The van der Waals surface area contributed by atoms with E-state index in [1.807, 2.05) is 7.05 Å². The topological polar surface area (TPSA) is 55.6 Å². The molecule has 114 valence electrons. The van der Waals surface area contributed by atoms with Crippen molar-refractivity contribution >= 4 is 0 Å². The summed E-state index contributed by atoms with van der Waals surface area (Å²) < 4.78 is 0. The van der Waals surface area contributed by atoms with Gasteiger partial charge >= 0.3 is 0 Å². The fraction of sp³-hybridized carbons (Fsp3) is 0.933. The summed E-state index contributed by atoms with van der Waals surface area (Å²) >= 11 is 0. The van der Waals surface area contributed by atoms with Gasteiger partial charge in [0.25, 0.3) is 0 Å². The fourth-order valence-corrected chi connectivity index (χ4v) is 3.16. The van der Waals surface area contributed by atoms with E-state index in [2.05, 4.69) is 27.7 Å². The molecule has 1 heterocycles. The van der Waals surface area contributed by atoms with Gasteiger partial charge in [-0.15, -0.1) is 10.2 Å². The van der Waals surface area contributed by atoms with Crippen LogP contribution >= 0.6 is 0 Å². The second-order valence-corrected chi connectivity index (χ2v) is 6.13. The van der Waals surface area contributed by atoms with E-state index in [4.69, 9.17) is 0 Å². The van der Waals surface area contributed by atoms with Crippen molar-refractivity contribution < 1.29 is 0 Å². The summed E-state index contributed by atoms with van der Waals surface area (Å²) in [6, 6.07) is 0.501. The molecular formula is C15H29N5. The van der Waals surface area contributed by atoms with Crippen LogP contribution in [0.2, 0.25) is 0 Å². The molecule has 1 N–H and O–H groups in total.